The summed E-state index contributed by atoms with van der Waals surface area (Å²) in [6, 6.07) is 4.05. The van der Waals surface area contributed by atoms with Gasteiger partial charge in [-0.15, -0.1) is 11.3 Å². The van der Waals surface area contributed by atoms with Crippen LogP contribution in [0.1, 0.15) is 11.3 Å². The van der Waals surface area contributed by atoms with Gasteiger partial charge in [-0.2, -0.15) is 0 Å². The number of nitrogens with zero attached hydrogens (tertiary/aromatic N) is 1. The quantitative estimate of drug-likeness (QED) is 0.769. The lowest BCUT2D eigenvalue weighted by molar-refractivity contribution is 0.427. The summed E-state index contributed by atoms with van der Waals surface area (Å²) >= 11 is 5.03. The Bertz CT molecular complexity index is 394. The third-order valence-corrected chi connectivity index (χ3v) is 3.29. The Balaban J connectivity index is 2.48. The van der Waals surface area contributed by atoms with Gasteiger partial charge in [0.1, 0.15) is 0 Å². The van der Waals surface area contributed by atoms with Crippen molar-refractivity contribution >= 4 is 27.3 Å². The first kappa shape index (κ1) is 8.97. The van der Waals surface area contributed by atoms with E-state index in [-0.39, 0.29) is 0 Å². The fourth-order valence-corrected chi connectivity index (χ4v) is 2.41. The van der Waals surface area contributed by atoms with E-state index in [0.29, 0.717) is 0 Å². The lowest BCUT2D eigenvalue weighted by Crippen LogP contribution is -1.79. The van der Waals surface area contributed by atoms with E-state index in [0.717, 1.165) is 27.2 Å². The van der Waals surface area contributed by atoms with Crippen LogP contribution in [0.4, 0.5) is 0 Å². The zero-order valence-electron chi connectivity index (χ0n) is 7.08. The van der Waals surface area contributed by atoms with Crippen LogP contribution in [0, 0.1) is 6.92 Å². The second-order valence-electron chi connectivity index (χ2n) is 2.69. The SMILES string of the molecule is Cc1c(CBr)noc1-c1cccs1. The third kappa shape index (κ3) is 1.56. The topological polar surface area (TPSA) is 26.0 Å². The molecule has 0 aliphatic carbocycles. The molecule has 2 nitrogen and oxygen atoms in total. The van der Waals surface area contributed by atoms with Crippen LogP contribution in [0.5, 0.6) is 0 Å². The number of hydrogen-bond donors (Lipinski definition) is 0. The average Bonchev–Trinajstić information content (AvgIpc) is 2.72. The number of rotatable bonds is 2. The number of alkyl halides is 1. The van der Waals surface area contributed by atoms with Crippen LogP contribution in [0.25, 0.3) is 10.6 Å². The van der Waals surface area contributed by atoms with Gasteiger partial charge >= 0.3 is 0 Å². The minimum atomic E-state index is 0.744. The van der Waals surface area contributed by atoms with E-state index in [2.05, 4.69) is 21.1 Å². The molecular weight excluding hydrogens is 250 g/mol. The minimum absolute atomic E-state index is 0.744. The molecular formula is C9H8BrNOS. The van der Waals surface area contributed by atoms with E-state index in [1.807, 2.05) is 24.4 Å². The Morgan fingerprint density at radius 3 is 3.00 bits per heavy atom. The molecule has 2 aromatic heterocycles. The Kier molecular flexibility index (Phi) is 2.51. The lowest BCUT2D eigenvalue weighted by Gasteiger charge is -1.90. The standard InChI is InChI=1S/C9H8BrNOS/c1-6-7(5-10)11-12-9(6)8-3-2-4-13-8/h2-4H,5H2,1H3. The minimum Gasteiger partial charge on any atom is -0.355 e. The van der Waals surface area contributed by atoms with Gasteiger partial charge in [-0.05, 0) is 18.4 Å². The molecule has 0 radical (unpaired) electrons. The number of aromatic nitrogens is 1. The van der Waals surface area contributed by atoms with Gasteiger partial charge in [0.25, 0.3) is 0 Å². The largest absolute Gasteiger partial charge is 0.355 e. The molecule has 13 heavy (non-hydrogen) atoms. The predicted molar refractivity (Wildman–Crippen MR) is 57.2 cm³/mol. The maximum Gasteiger partial charge on any atom is 0.179 e. The molecule has 0 aliphatic heterocycles. The van der Waals surface area contributed by atoms with Crippen LogP contribution in [0.2, 0.25) is 0 Å². The molecule has 0 atom stereocenters. The van der Waals surface area contributed by atoms with Crippen molar-refractivity contribution < 1.29 is 4.52 Å². The normalized spacial score (nSPS) is 10.6. The zero-order valence-corrected chi connectivity index (χ0v) is 9.48. The smallest absolute Gasteiger partial charge is 0.179 e. The molecule has 0 saturated heterocycles. The summed E-state index contributed by atoms with van der Waals surface area (Å²) in [6.07, 6.45) is 0. The van der Waals surface area contributed by atoms with Crippen molar-refractivity contribution in [2.24, 2.45) is 0 Å². The summed E-state index contributed by atoms with van der Waals surface area (Å²) in [5.41, 5.74) is 2.10. The van der Waals surface area contributed by atoms with E-state index >= 15 is 0 Å². The van der Waals surface area contributed by atoms with Gasteiger partial charge in [-0.25, -0.2) is 0 Å². The molecule has 2 aromatic rings. The van der Waals surface area contributed by atoms with Crippen molar-refractivity contribution in [2.75, 3.05) is 0 Å². The number of halogens is 1. The fourth-order valence-electron chi connectivity index (χ4n) is 1.13. The second kappa shape index (κ2) is 3.64. The van der Waals surface area contributed by atoms with Gasteiger partial charge < -0.3 is 4.52 Å². The summed E-state index contributed by atoms with van der Waals surface area (Å²) in [5, 5.41) is 6.75. The molecule has 4 heteroatoms. The number of hydrogen-bond acceptors (Lipinski definition) is 3. The van der Waals surface area contributed by atoms with Gasteiger partial charge in [0.15, 0.2) is 5.76 Å². The second-order valence-corrected chi connectivity index (χ2v) is 4.20. The molecule has 0 N–H and O–H groups in total. The summed E-state index contributed by atoms with van der Waals surface area (Å²) in [7, 11) is 0. The molecule has 68 valence electrons. The summed E-state index contributed by atoms with van der Waals surface area (Å²) in [4.78, 5) is 1.14. The van der Waals surface area contributed by atoms with E-state index in [1.165, 1.54) is 0 Å². The molecule has 2 heterocycles. The maximum absolute atomic E-state index is 5.26. The summed E-state index contributed by atoms with van der Waals surface area (Å²) < 4.78 is 5.26. The van der Waals surface area contributed by atoms with Crippen molar-refractivity contribution in [3.05, 3.63) is 28.8 Å². The first-order valence-corrected chi connectivity index (χ1v) is 5.88. The molecule has 0 bridgehead atoms. The van der Waals surface area contributed by atoms with Gasteiger partial charge in [-0.3, -0.25) is 0 Å². The van der Waals surface area contributed by atoms with Crippen molar-refractivity contribution in [1.29, 1.82) is 0 Å². The van der Waals surface area contributed by atoms with E-state index in [1.54, 1.807) is 11.3 Å². The first-order chi connectivity index (χ1) is 6.33. The van der Waals surface area contributed by atoms with Crippen LogP contribution >= 0.6 is 27.3 Å². The van der Waals surface area contributed by atoms with Gasteiger partial charge in [-0.1, -0.05) is 27.2 Å². The van der Waals surface area contributed by atoms with Crippen LogP contribution in [-0.2, 0) is 5.33 Å². The third-order valence-electron chi connectivity index (χ3n) is 1.89. The summed E-state index contributed by atoms with van der Waals surface area (Å²) in [5.74, 6) is 0.893. The van der Waals surface area contributed by atoms with Crippen LogP contribution in [0.3, 0.4) is 0 Å². The Morgan fingerprint density at radius 2 is 2.46 bits per heavy atom. The predicted octanol–water partition coefficient (Wildman–Crippen LogP) is 3.61. The van der Waals surface area contributed by atoms with Crippen molar-refractivity contribution in [3.8, 4) is 10.6 Å². The van der Waals surface area contributed by atoms with Crippen molar-refractivity contribution in [2.45, 2.75) is 12.3 Å². The van der Waals surface area contributed by atoms with Gasteiger partial charge in [0.05, 0.1) is 10.6 Å². The van der Waals surface area contributed by atoms with Crippen LogP contribution < -0.4 is 0 Å². The highest BCUT2D eigenvalue weighted by Crippen LogP contribution is 2.29. The van der Waals surface area contributed by atoms with E-state index in [9.17, 15) is 0 Å². The Labute approximate surface area is 88.7 Å². The lowest BCUT2D eigenvalue weighted by atomic mass is 10.2. The molecule has 0 spiro atoms. The highest BCUT2D eigenvalue weighted by molar-refractivity contribution is 9.08. The highest BCUT2D eigenvalue weighted by atomic mass is 79.9. The molecule has 2 rings (SSSR count). The molecule has 0 fully saturated rings. The van der Waals surface area contributed by atoms with Gasteiger partial charge in [0, 0.05) is 10.9 Å². The monoisotopic (exact) mass is 257 g/mol. The first-order valence-electron chi connectivity index (χ1n) is 3.88. The van der Waals surface area contributed by atoms with Crippen LogP contribution in [-0.4, -0.2) is 5.16 Å². The van der Waals surface area contributed by atoms with Crippen molar-refractivity contribution in [3.63, 3.8) is 0 Å². The molecule has 0 aliphatic rings. The van der Waals surface area contributed by atoms with Gasteiger partial charge in [0.2, 0.25) is 0 Å². The Hall–Kier alpha value is -0.610. The molecule has 0 amide bonds. The highest BCUT2D eigenvalue weighted by Gasteiger charge is 2.12. The zero-order chi connectivity index (χ0) is 9.26. The summed E-state index contributed by atoms with van der Waals surface area (Å²) in [6.45, 7) is 2.03. The van der Waals surface area contributed by atoms with Crippen LogP contribution in [0.15, 0.2) is 22.0 Å². The molecule has 0 unspecified atom stereocenters. The molecule has 0 aromatic carbocycles. The number of thiophene rings is 1. The van der Waals surface area contributed by atoms with E-state index in [4.69, 9.17) is 4.52 Å². The maximum atomic E-state index is 5.26. The van der Waals surface area contributed by atoms with E-state index < -0.39 is 0 Å². The Morgan fingerprint density at radius 1 is 1.62 bits per heavy atom. The fraction of sp³-hybridized carbons (Fsp3) is 0.222. The average molecular weight is 258 g/mol. The van der Waals surface area contributed by atoms with Crippen molar-refractivity contribution in [1.82, 2.24) is 5.16 Å². The molecule has 0 saturated carbocycles.